The summed E-state index contributed by atoms with van der Waals surface area (Å²) in [5, 5.41) is 23.9. The number of esters is 1. The number of aromatic nitrogens is 2. The number of benzene rings is 1. The number of cyclic esters (lactones) is 1. The molecule has 36 heavy (non-hydrogen) atoms. The number of ether oxygens (including phenoxy) is 1. The number of nitrogens with one attached hydrogen (secondary N) is 1. The smallest absolute Gasteiger partial charge is 0.343 e. The van der Waals surface area contributed by atoms with Crippen molar-refractivity contribution in [2.75, 3.05) is 0 Å². The maximum Gasteiger partial charge on any atom is 0.343 e. The Morgan fingerprint density at radius 3 is 2.81 bits per heavy atom. The normalized spacial score (nSPS) is 18.6. The largest absolute Gasteiger partial charge is 0.458 e. The number of fused-ring (bicyclic) bond motifs is 5. The highest BCUT2D eigenvalue weighted by Crippen LogP contribution is 2.40. The molecule has 0 radical (unpaired) electrons. The topological polar surface area (TPSA) is 131 Å². The Bertz CT molecular complexity index is 1590. The Balaban J connectivity index is 1.74. The molecule has 2 aliphatic heterocycles. The van der Waals surface area contributed by atoms with Gasteiger partial charge in [0.05, 0.1) is 29.0 Å². The maximum absolute atomic E-state index is 14.5. The second-order valence-electron chi connectivity index (χ2n) is 8.93. The molecule has 1 unspecified atom stereocenters. The molecule has 1 amide bonds. The molecule has 0 saturated carbocycles. The zero-order chi connectivity index (χ0) is 25.9. The van der Waals surface area contributed by atoms with E-state index in [1.165, 1.54) is 10.6 Å². The van der Waals surface area contributed by atoms with Gasteiger partial charge in [0.25, 0.3) is 11.5 Å². The van der Waals surface area contributed by atoms with Crippen LogP contribution in [0.1, 0.15) is 41.2 Å². The first kappa shape index (κ1) is 23.7. The monoisotopic (exact) mass is 491 g/mol. The van der Waals surface area contributed by atoms with Crippen LogP contribution in [0.3, 0.4) is 0 Å². The van der Waals surface area contributed by atoms with Gasteiger partial charge in [-0.1, -0.05) is 12.8 Å². The summed E-state index contributed by atoms with van der Waals surface area (Å²) in [5.41, 5.74) is 0.486. The first-order valence-corrected chi connectivity index (χ1v) is 11.3. The summed E-state index contributed by atoms with van der Waals surface area (Å²) in [6, 6.07) is 4.43. The first-order valence-electron chi connectivity index (χ1n) is 11.3. The van der Waals surface area contributed by atoms with Crippen LogP contribution in [0.2, 0.25) is 0 Å². The van der Waals surface area contributed by atoms with E-state index >= 15 is 0 Å². The van der Waals surface area contributed by atoms with E-state index in [1.54, 1.807) is 26.0 Å². The quantitative estimate of drug-likeness (QED) is 0.288. The van der Waals surface area contributed by atoms with Gasteiger partial charge in [-0.25, -0.2) is 14.2 Å². The van der Waals surface area contributed by atoms with Gasteiger partial charge in [-0.05, 0) is 36.6 Å². The Hall–Kier alpha value is -4.07. The Morgan fingerprint density at radius 1 is 1.36 bits per heavy atom. The average molecular weight is 491 g/mol. The van der Waals surface area contributed by atoms with Gasteiger partial charge in [0.2, 0.25) is 0 Å². The summed E-state index contributed by atoms with van der Waals surface area (Å²) in [6.45, 7) is 2.98. The Kier molecular flexibility index (Phi) is 5.43. The van der Waals surface area contributed by atoms with Crippen LogP contribution >= 0.6 is 0 Å². The molecule has 3 aromatic rings. The predicted octanol–water partition coefficient (Wildman–Crippen LogP) is 1.14. The molecule has 0 aliphatic carbocycles. The van der Waals surface area contributed by atoms with Gasteiger partial charge >= 0.3 is 5.97 Å². The number of aliphatic hydroxyl groups is 2. The lowest BCUT2D eigenvalue weighted by molar-refractivity contribution is -0.172. The molecule has 0 spiro atoms. The minimum Gasteiger partial charge on any atom is -0.458 e. The number of aryl methyl sites for hydroxylation is 1. The van der Waals surface area contributed by atoms with E-state index in [2.05, 4.69) is 10.3 Å². The van der Waals surface area contributed by atoms with Crippen LogP contribution in [0, 0.1) is 25.1 Å². The molecule has 0 fully saturated rings. The second kappa shape index (κ2) is 8.26. The van der Waals surface area contributed by atoms with Crippen molar-refractivity contribution in [2.45, 2.75) is 51.7 Å². The molecular weight excluding hydrogens is 469 g/mol. The molecule has 4 heterocycles. The van der Waals surface area contributed by atoms with Crippen LogP contribution in [0.5, 0.6) is 0 Å². The van der Waals surface area contributed by atoms with E-state index in [-0.39, 0.29) is 37.2 Å². The highest BCUT2D eigenvalue weighted by molar-refractivity contribution is 5.90. The van der Waals surface area contributed by atoms with Crippen LogP contribution in [0.25, 0.3) is 22.3 Å². The molecular formula is C26H22FN3O6. The van der Waals surface area contributed by atoms with E-state index in [1.807, 2.05) is 5.92 Å². The van der Waals surface area contributed by atoms with Gasteiger partial charge in [0, 0.05) is 29.1 Å². The number of aliphatic hydroxyl groups excluding tert-OH is 1. The van der Waals surface area contributed by atoms with Crippen molar-refractivity contribution in [3.05, 3.63) is 62.2 Å². The molecule has 2 aromatic heterocycles. The molecule has 0 bridgehead atoms. The maximum atomic E-state index is 14.5. The fourth-order valence-electron chi connectivity index (χ4n) is 4.84. The van der Waals surface area contributed by atoms with Gasteiger partial charge in [-0.2, -0.15) is 0 Å². The van der Waals surface area contributed by atoms with Crippen molar-refractivity contribution in [1.82, 2.24) is 14.9 Å². The molecule has 184 valence electrons. The third-order valence-electron chi connectivity index (χ3n) is 6.93. The summed E-state index contributed by atoms with van der Waals surface area (Å²) in [6.07, 6.45) is 3.49. The zero-order valence-electron chi connectivity index (χ0n) is 19.5. The number of terminal acetylenes is 1. The Labute approximate surface area is 204 Å². The highest BCUT2D eigenvalue weighted by Gasteiger charge is 2.45. The zero-order valence-corrected chi connectivity index (χ0v) is 19.5. The van der Waals surface area contributed by atoms with Gasteiger partial charge in [-0.3, -0.25) is 9.59 Å². The standard InChI is InChI=1S/C26H22FN3O6/c1-4-21(31)23(32)28-9-14-13-6-12(3)18(27)8-19(13)29-22-15(14)10-30-20(22)7-17-16(24(30)33)11-36-25(34)26(17,35)5-2/h1,6-8,21,31,35H,5,9-11H2,2-3H3,(H,28,32)/t21?,26-/m0/s1. The van der Waals surface area contributed by atoms with Gasteiger partial charge in [-0.15, -0.1) is 6.42 Å². The lowest BCUT2D eigenvalue weighted by Gasteiger charge is -2.31. The van der Waals surface area contributed by atoms with Crippen molar-refractivity contribution >= 4 is 22.8 Å². The lowest BCUT2D eigenvalue weighted by atomic mass is 9.86. The van der Waals surface area contributed by atoms with E-state index in [9.17, 15) is 29.0 Å². The average Bonchev–Trinajstić information content (AvgIpc) is 3.23. The van der Waals surface area contributed by atoms with Crippen molar-refractivity contribution in [3.63, 3.8) is 0 Å². The number of hydrogen-bond donors (Lipinski definition) is 3. The van der Waals surface area contributed by atoms with Gasteiger partial charge in [0.15, 0.2) is 11.7 Å². The van der Waals surface area contributed by atoms with Crippen molar-refractivity contribution in [3.8, 4) is 23.7 Å². The fourth-order valence-corrected chi connectivity index (χ4v) is 4.84. The number of hydrogen-bond acceptors (Lipinski definition) is 7. The van der Waals surface area contributed by atoms with Crippen LogP contribution < -0.4 is 10.9 Å². The number of rotatable bonds is 4. The van der Waals surface area contributed by atoms with Crippen LogP contribution in [0.4, 0.5) is 4.39 Å². The molecule has 3 N–H and O–H groups in total. The third kappa shape index (κ3) is 3.31. The number of nitrogens with zero attached hydrogens (tertiary/aromatic N) is 2. The molecule has 0 saturated heterocycles. The summed E-state index contributed by atoms with van der Waals surface area (Å²) >= 11 is 0. The summed E-state index contributed by atoms with van der Waals surface area (Å²) in [5.74, 6) is -0.135. The molecule has 2 atom stereocenters. The van der Waals surface area contributed by atoms with E-state index in [4.69, 9.17) is 11.2 Å². The predicted molar refractivity (Wildman–Crippen MR) is 126 cm³/mol. The van der Waals surface area contributed by atoms with E-state index in [0.29, 0.717) is 39.0 Å². The molecule has 10 heteroatoms. The Morgan fingerprint density at radius 2 is 2.11 bits per heavy atom. The lowest BCUT2D eigenvalue weighted by Crippen LogP contribution is -2.44. The van der Waals surface area contributed by atoms with Crippen LogP contribution in [-0.4, -0.2) is 37.7 Å². The minimum absolute atomic E-state index is 0.000985. The third-order valence-corrected chi connectivity index (χ3v) is 6.93. The van der Waals surface area contributed by atoms with Crippen molar-refractivity contribution < 1.29 is 28.9 Å². The molecule has 1 aromatic carbocycles. The highest BCUT2D eigenvalue weighted by atomic mass is 19.1. The van der Waals surface area contributed by atoms with Crippen LogP contribution in [0.15, 0.2) is 23.0 Å². The van der Waals surface area contributed by atoms with E-state index < -0.39 is 35.0 Å². The first-order chi connectivity index (χ1) is 17.1. The van der Waals surface area contributed by atoms with E-state index in [0.717, 1.165) is 0 Å². The molecule has 5 rings (SSSR count). The number of carbonyl (C=O) groups is 2. The molecule has 9 nitrogen and oxygen atoms in total. The van der Waals surface area contributed by atoms with Crippen molar-refractivity contribution in [2.24, 2.45) is 0 Å². The van der Waals surface area contributed by atoms with Gasteiger partial charge in [0.1, 0.15) is 12.4 Å². The summed E-state index contributed by atoms with van der Waals surface area (Å²) in [4.78, 5) is 42.6. The van der Waals surface area contributed by atoms with Crippen LogP contribution in [-0.2, 0) is 39.6 Å². The van der Waals surface area contributed by atoms with Gasteiger partial charge < -0.3 is 24.8 Å². The molecule has 2 aliphatic rings. The number of amides is 1. The second-order valence-corrected chi connectivity index (χ2v) is 8.93. The number of halogens is 1. The minimum atomic E-state index is -1.98. The number of carbonyl (C=O) groups excluding carboxylic acids is 2. The summed E-state index contributed by atoms with van der Waals surface area (Å²) < 4.78 is 21.0. The van der Waals surface area contributed by atoms with Crippen molar-refractivity contribution in [1.29, 1.82) is 0 Å². The SMILES string of the molecule is C#CC(O)C(=O)NCc1c2c(nc3cc(F)c(C)cc13)-c1cc3c(c(=O)n1C2)COC(=O)[C@]3(O)CC. The number of pyridine rings is 2. The summed E-state index contributed by atoms with van der Waals surface area (Å²) in [7, 11) is 0. The fraction of sp³-hybridized carbons (Fsp3) is 0.308.